The highest BCUT2D eigenvalue weighted by atomic mass is 35.5. The van der Waals surface area contributed by atoms with E-state index < -0.39 is 11.9 Å². The van der Waals surface area contributed by atoms with Gasteiger partial charge in [0.15, 0.2) is 5.82 Å². The molecule has 0 aliphatic heterocycles. The molecule has 0 amide bonds. The smallest absolute Gasteiger partial charge is 0.433 e. The van der Waals surface area contributed by atoms with Gasteiger partial charge in [-0.3, -0.25) is 0 Å². The van der Waals surface area contributed by atoms with Crippen LogP contribution in [0.3, 0.4) is 0 Å². The van der Waals surface area contributed by atoms with E-state index in [9.17, 15) is 13.2 Å². The number of aryl methyl sites for hydroxylation is 1. The van der Waals surface area contributed by atoms with Gasteiger partial charge in [0, 0.05) is 5.56 Å². The monoisotopic (exact) mass is 408 g/mol. The van der Waals surface area contributed by atoms with Crippen molar-refractivity contribution >= 4 is 17.4 Å². The molecule has 0 atom stereocenters. The molecule has 3 heterocycles. The predicted molar refractivity (Wildman–Crippen MR) is 94.0 cm³/mol. The molecule has 0 saturated carbocycles. The third-order valence-electron chi connectivity index (χ3n) is 4.00. The molecule has 0 saturated heterocycles. The fourth-order valence-electron chi connectivity index (χ4n) is 2.59. The minimum atomic E-state index is -4.50. The van der Waals surface area contributed by atoms with Gasteiger partial charge in [-0.1, -0.05) is 23.7 Å². The molecular formula is C18H12ClF3N4O2. The third kappa shape index (κ3) is 3.40. The van der Waals surface area contributed by atoms with Gasteiger partial charge in [0.2, 0.25) is 0 Å². The van der Waals surface area contributed by atoms with Crippen molar-refractivity contribution in [3.8, 4) is 17.1 Å². The number of rotatable bonds is 4. The Labute approximate surface area is 161 Å². The SMILES string of the molecule is Cc1oc2nc(-c3ccccc3Cl)nn2c1COc1ccc(C(F)(F)F)nc1. The first-order valence-corrected chi connectivity index (χ1v) is 8.47. The number of hydrogen-bond acceptors (Lipinski definition) is 5. The number of aromatic nitrogens is 4. The molecule has 4 rings (SSSR count). The van der Waals surface area contributed by atoms with Crippen LogP contribution in [0.15, 0.2) is 47.0 Å². The van der Waals surface area contributed by atoms with Crippen LogP contribution in [-0.4, -0.2) is 19.6 Å². The zero-order valence-corrected chi connectivity index (χ0v) is 15.1. The van der Waals surface area contributed by atoms with Crippen molar-refractivity contribution < 1.29 is 22.3 Å². The number of nitrogens with zero attached hydrogens (tertiary/aromatic N) is 4. The van der Waals surface area contributed by atoms with Gasteiger partial charge in [0.1, 0.15) is 29.5 Å². The Kier molecular flexibility index (Phi) is 4.46. The lowest BCUT2D eigenvalue weighted by molar-refractivity contribution is -0.141. The first-order chi connectivity index (χ1) is 13.3. The van der Waals surface area contributed by atoms with Crippen LogP contribution in [-0.2, 0) is 12.8 Å². The number of ether oxygens (including phenoxy) is 1. The molecule has 10 heteroatoms. The van der Waals surface area contributed by atoms with Gasteiger partial charge in [-0.2, -0.15) is 22.7 Å². The number of fused-ring (bicyclic) bond motifs is 1. The van der Waals surface area contributed by atoms with E-state index in [4.69, 9.17) is 20.8 Å². The van der Waals surface area contributed by atoms with E-state index in [1.807, 2.05) is 6.07 Å². The first-order valence-electron chi connectivity index (χ1n) is 8.09. The van der Waals surface area contributed by atoms with Gasteiger partial charge >= 0.3 is 12.0 Å². The van der Waals surface area contributed by atoms with Gasteiger partial charge < -0.3 is 9.15 Å². The maximum atomic E-state index is 12.6. The van der Waals surface area contributed by atoms with Crippen LogP contribution in [0, 0.1) is 6.92 Å². The average molecular weight is 409 g/mol. The van der Waals surface area contributed by atoms with Crippen LogP contribution in [0.4, 0.5) is 13.2 Å². The highest BCUT2D eigenvalue weighted by molar-refractivity contribution is 6.33. The van der Waals surface area contributed by atoms with E-state index in [2.05, 4.69) is 15.1 Å². The van der Waals surface area contributed by atoms with Gasteiger partial charge in [0.25, 0.3) is 0 Å². The van der Waals surface area contributed by atoms with Crippen molar-refractivity contribution in [3.63, 3.8) is 0 Å². The lowest BCUT2D eigenvalue weighted by atomic mass is 10.2. The number of hydrogen-bond donors (Lipinski definition) is 0. The maximum absolute atomic E-state index is 12.6. The second-order valence-corrected chi connectivity index (χ2v) is 6.29. The van der Waals surface area contributed by atoms with Crippen LogP contribution < -0.4 is 4.74 Å². The minimum absolute atomic E-state index is 0.0111. The Hall–Kier alpha value is -3.07. The minimum Gasteiger partial charge on any atom is -0.486 e. The summed E-state index contributed by atoms with van der Waals surface area (Å²) in [5.41, 5.74) is 0.239. The molecule has 0 spiro atoms. The summed E-state index contributed by atoms with van der Waals surface area (Å²) >= 11 is 6.18. The first kappa shape index (κ1) is 18.3. The Morgan fingerprint density at radius 1 is 1.18 bits per heavy atom. The summed E-state index contributed by atoms with van der Waals surface area (Å²) in [7, 11) is 0. The second kappa shape index (κ2) is 6.83. The fourth-order valence-corrected chi connectivity index (χ4v) is 2.81. The zero-order valence-electron chi connectivity index (χ0n) is 14.4. The summed E-state index contributed by atoms with van der Waals surface area (Å²) in [5, 5.41) is 4.91. The fraction of sp³-hybridized carbons (Fsp3) is 0.167. The Morgan fingerprint density at radius 2 is 1.96 bits per heavy atom. The number of halogens is 4. The third-order valence-corrected chi connectivity index (χ3v) is 4.33. The number of benzene rings is 1. The number of pyridine rings is 1. The van der Waals surface area contributed by atoms with Crippen molar-refractivity contribution in [2.45, 2.75) is 19.7 Å². The summed E-state index contributed by atoms with van der Waals surface area (Å²) in [6.45, 7) is 1.73. The number of alkyl halides is 3. The van der Waals surface area contributed by atoms with Crippen molar-refractivity contribution in [1.82, 2.24) is 19.6 Å². The van der Waals surface area contributed by atoms with Gasteiger partial charge in [0.05, 0.1) is 11.2 Å². The summed E-state index contributed by atoms with van der Waals surface area (Å²) in [6.07, 6.45) is -3.48. The maximum Gasteiger partial charge on any atom is 0.433 e. The summed E-state index contributed by atoms with van der Waals surface area (Å²) in [4.78, 5) is 7.69. The van der Waals surface area contributed by atoms with E-state index in [0.717, 1.165) is 12.3 Å². The van der Waals surface area contributed by atoms with E-state index >= 15 is 0 Å². The molecule has 0 unspecified atom stereocenters. The lowest BCUT2D eigenvalue weighted by Gasteiger charge is -2.08. The van der Waals surface area contributed by atoms with E-state index in [-0.39, 0.29) is 18.2 Å². The van der Waals surface area contributed by atoms with Gasteiger partial charge in [-0.25, -0.2) is 4.98 Å². The van der Waals surface area contributed by atoms with Crippen molar-refractivity contribution in [2.75, 3.05) is 0 Å². The van der Waals surface area contributed by atoms with Gasteiger partial charge in [-0.15, -0.1) is 5.10 Å². The van der Waals surface area contributed by atoms with Gasteiger partial charge in [-0.05, 0) is 31.2 Å². The van der Waals surface area contributed by atoms with Crippen LogP contribution in [0.5, 0.6) is 5.75 Å². The normalized spacial score (nSPS) is 11.9. The molecule has 6 nitrogen and oxygen atoms in total. The molecule has 3 aromatic heterocycles. The van der Waals surface area contributed by atoms with E-state index in [1.54, 1.807) is 25.1 Å². The van der Waals surface area contributed by atoms with Crippen LogP contribution in [0.2, 0.25) is 5.02 Å². The summed E-state index contributed by atoms with van der Waals surface area (Å²) in [5.74, 6) is 1.37. The van der Waals surface area contributed by atoms with Crippen LogP contribution in [0.25, 0.3) is 17.2 Å². The topological polar surface area (TPSA) is 65.5 Å². The number of oxazole rings is 1. The summed E-state index contributed by atoms with van der Waals surface area (Å²) in [6, 6.07) is 9.20. The molecule has 144 valence electrons. The molecule has 28 heavy (non-hydrogen) atoms. The van der Waals surface area contributed by atoms with Crippen molar-refractivity contribution in [3.05, 3.63) is 64.8 Å². The van der Waals surface area contributed by atoms with E-state index in [1.165, 1.54) is 10.6 Å². The molecule has 0 N–H and O–H groups in total. The largest absolute Gasteiger partial charge is 0.486 e. The van der Waals surface area contributed by atoms with E-state index in [0.29, 0.717) is 27.9 Å². The highest BCUT2D eigenvalue weighted by Gasteiger charge is 2.32. The molecule has 0 aliphatic carbocycles. The predicted octanol–water partition coefficient (Wildman–Crippen LogP) is 4.94. The average Bonchev–Trinajstić information content (AvgIpc) is 3.17. The Bertz CT molecular complexity index is 1140. The molecular weight excluding hydrogens is 397 g/mol. The van der Waals surface area contributed by atoms with Crippen LogP contribution in [0.1, 0.15) is 17.1 Å². The Morgan fingerprint density at radius 3 is 2.64 bits per heavy atom. The quantitative estimate of drug-likeness (QED) is 0.478. The molecule has 4 aromatic rings. The standard InChI is InChI=1S/C18H12ClF3N4O2/c1-10-14(9-27-11-6-7-15(23-8-11)18(20,21)22)26-17(28-10)24-16(25-26)12-4-2-3-5-13(12)19/h2-8H,9H2,1H3. The molecule has 0 aliphatic rings. The lowest BCUT2D eigenvalue weighted by Crippen LogP contribution is -2.08. The van der Waals surface area contributed by atoms with Crippen LogP contribution >= 0.6 is 11.6 Å². The highest BCUT2D eigenvalue weighted by Crippen LogP contribution is 2.29. The van der Waals surface area contributed by atoms with Crippen molar-refractivity contribution in [1.29, 1.82) is 0 Å². The van der Waals surface area contributed by atoms with Crippen molar-refractivity contribution in [2.24, 2.45) is 0 Å². The zero-order chi connectivity index (χ0) is 19.9. The molecule has 0 radical (unpaired) electrons. The summed E-state index contributed by atoms with van der Waals surface area (Å²) < 4.78 is 50.4. The Balaban J connectivity index is 1.59. The molecule has 0 fully saturated rings. The second-order valence-electron chi connectivity index (χ2n) is 5.88. The molecule has 0 bridgehead atoms. The molecule has 1 aromatic carbocycles.